The van der Waals surface area contributed by atoms with Gasteiger partial charge in [-0.2, -0.15) is 0 Å². The molecule has 1 saturated heterocycles. The van der Waals surface area contributed by atoms with E-state index in [2.05, 4.69) is 19.1 Å². The van der Waals surface area contributed by atoms with Crippen LogP contribution in [0.15, 0.2) is 12.2 Å². The molecule has 0 saturated carbocycles. The van der Waals surface area contributed by atoms with E-state index in [-0.39, 0.29) is 13.2 Å². The van der Waals surface area contributed by atoms with E-state index >= 15 is 0 Å². The molecule has 3 N–H and O–H groups in total. The predicted octanol–water partition coefficient (Wildman–Crippen LogP) is 3.74. The first-order valence-electron chi connectivity index (χ1n) is 11.1. The molecule has 1 aliphatic heterocycles. The van der Waals surface area contributed by atoms with Gasteiger partial charge < -0.3 is 24.8 Å². The molecule has 1 aliphatic rings. The summed E-state index contributed by atoms with van der Waals surface area (Å²) in [6.45, 7) is 2.69. The molecule has 5 heteroatoms. The van der Waals surface area contributed by atoms with Crippen molar-refractivity contribution in [3.63, 3.8) is 0 Å². The van der Waals surface area contributed by atoms with Gasteiger partial charge in [-0.15, -0.1) is 0 Å². The number of allylic oxidation sites excluding steroid dienone is 2. The van der Waals surface area contributed by atoms with Crippen molar-refractivity contribution in [3.8, 4) is 0 Å². The van der Waals surface area contributed by atoms with E-state index in [1.807, 2.05) is 0 Å². The number of aliphatic hydroxyl groups is 3. The molecular weight excluding hydrogens is 344 g/mol. The van der Waals surface area contributed by atoms with Crippen molar-refractivity contribution in [1.29, 1.82) is 0 Å². The molecule has 1 rings (SSSR count). The number of ether oxygens (including phenoxy) is 2. The molecule has 0 amide bonds. The van der Waals surface area contributed by atoms with Crippen LogP contribution in [0.3, 0.4) is 0 Å². The zero-order chi connectivity index (χ0) is 19.7. The van der Waals surface area contributed by atoms with Crippen LogP contribution in [0.5, 0.6) is 0 Å². The van der Waals surface area contributed by atoms with Gasteiger partial charge in [0.25, 0.3) is 0 Å². The van der Waals surface area contributed by atoms with E-state index in [0.717, 1.165) is 19.3 Å². The molecule has 0 aromatic heterocycles. The standard InChI is InChI=1S/C22H42O5/c1-2-3-4-5-6-7-8-9-10-11-12-13-14-15-16-26-20-18-27-19(17-23)21(24)22(20)25/h3-4,19-25H,2,5-18H2,1H3/b4-3+/t19-,20+,21-,22-/m0/s1. The molecular formula is C22H42O5. The van der Waals surface area contributed by atoms with Gasteiger partial charge in [0, 0.05) is 6.61 Å². The van der Waals surface area contributed by atoms with Crippen LogP contribution in [-0.4, -0.2) is 59.6 Å². The summed E-state index contributed by atoms with van der Waals surface area (Å²) >= 11 is 0. The minimum absolute atomic E-state index is 0.221. The summed E-state index contributed by atoms with van der Waals surface area (Å²) in [5.41, 5.74) is 0. The van der Waals surface area contributed by atoms with Crippen LogP contribution in [0.25, 0.3) is 0 Å². The molecule has 0 aromatic carbocycles. The first-order chi connectivity index (χ1) is 13.2. The maximum Gasteiger partial charge on any atom is 0.111 e. The number of aliphatic hydroxyl groups excluding tert-OH is 3. The fourth-order valence-corrected chi connectivity index (χ4v) is 3.46. The molecule has 0 bridgehead atoms. The molecule has 0 aliphatic carbocycles. The molecule has 0 radical (unpaired) electrons. The minimum atomic E-state index is -1.08. The minimum Gasteiger partial charge on any atom is -0.394 e. The number of hydrogen-bond donors (Lipinski definition) is 3. The van der Waals surface area contributed by atoms with E-state index in [0.29, 0.717) is 6.61 Å². The van der Waals surface area contributed by atoms with Crippen molar-refractivity contribution < 1.29 is 24.8 Å². The van der Waals surface area contributed by atoms with Crippen molar-refractivity contribution >= 4 is 0 Å². The average molecular weight is 387 g/mol. The molecule has 1 fully saturated rings. The molecule has 0 spiro atoms. The van der Waals surface area contributed by atoms with Crippen molar-refractivity contribution in [3.05, 3.63) is 12.2 Å². The van der Waals surface area contributed by atoms with Crippen LogP contribution < -0.4 is 0 Å². The van der Waals surface area contributed by atoms with Gasteiger partial charge in [-0.25, -0.2) is 0 Å². The summed E-state index contributed by atoms with van der Waals surface area (Å²) in [6, 6.07) is 0. The lowest BCUT2D eigenvalue weighted by molar-refractivity contribution is -0.208. The lowest BCUT2D eigenvalue weighted by Crippen LogP contribution is -2.55. The molecule has 4 atom stereocenters. The summed E-state index contributed by atoms with van der Waals surface area (Å²) in [5.74, 6) is 0. The highest BCUT2D eigenvalue weighted by Gasteiger charge is 2.38. The Morgan fingerprint density at radius 1 is 0.852 bits per heavy atom. The summed E-state index contributed by atoms with van der Waals surface area (Å²) in [6.07, 6.45) is 16.4. The Morgan fingerprint density at radius 2 is 1.44 bits per heavy atom. The summed E-state index contributed by atoms with van der Waals surface area (Å²) < 4.78 is 11.0. The number of unbranched alkanes of at least 4 members (excludes halogenated alkanes) is 10. The van der Waals surface area contributed by atoms with E-state index < -0.39 is 24.4 Å². The Labute approximate surface area is 165 Å². The molecule has 160 valence electrons. The van der Waals surface area contributed by atoms with Crippen molar-refractivity contribution in [2.45, 2.75) is 108 Å². The van der Waals surface area contributed by atoms with Gasteiger partial charge in [0.15, 0.2) is 0 Å². The SMILES string of the molecule is CC/C=C/CCCCCCCCCCCCO[C@@H]1CO[C@@H](CO)[C@H](O)[C@H]1O. The fraction of sp³-hybridized carbons (Fsp3) is 0.909. The molecule has 1 heterocycles. The monoisotopic (exact) mass is 386 g/mol. The van der Waals surface area contributed by atoms with Crippen LogP contribution >= 0.6 is 0 Å². The molecule has 0 aromatic rings. The fourth-order valence-electron chi connectivity index (χ4n) is 3.46. The Bertz CT molecular complexity index is 361. The zero-order valence-corrected chi connectivity index (χ0v) is 17.2. The Kier molecular flexibility index (Phi) is 15.0. The summed E-state index contributed by atoms with van der Waals surface area (Å²) in [5, 5.41) is 28.8. The quantitative estimate of drug-likeness (QED) is 0.278. The van der Waals surface area contributed by atoms with Gasteiger partial charge >= 0.3 is 0 Å². The highest BCUT2D eigenvalue weighted by atomic mass is 16.6. The van der Waals surface area contributed by atoms with Crippen LogP contribution in [0.1, 0.15) is 84.0 Å². The molecule has 0 unspecified atom stereocenters. The van der Waals surface area contributed by atoms with Gasteiger partial charge in [-0.05, 0) is 25.7 Å². The van der Waals surface area contributed by atoms with Crippen molar-refractivity contribution in [2.24, 2.45) is 0 Å². The molecule has 5 nitrogen and oxygen atoms in total. The number of rotatable bonds is 16. The third-order valence-corrected chi connectivity index (χ3v) is 5.27. The third-order valence-electron chi connectivity index (χ3n) is 5.27. The Morgan fingerprint density at radius 3 is 2.04 bits per heavy atom. The van der Waals surface area contributed by atoms with E-state index in [4.69, 9.17) is 14.6 Å². The van der Waals surface area contributed by atoms with Crippen LogP contribution in [0, 0.1) is 0 Å². The maximum absolute atomic E-state index is 9.98. The summed E-state index contributed by atoms with van der Waals surface area (Å²) in [4.78, 5) is 0. The second-order valence-electron chi connectivity index (χ2n) is 7.65. The van der Waals surface area contributed by atoms with Gasteiger partial charge in [-0.3, -0.25) is 0 Å². The predicted molar refractivity (Wildman–Crippen MR) is 109 cm³/mol. The highest BCUT2D eigenvalue weighted by molar-refractivity contribution is 4.87. The van der Waals surface area contributed by atoms with Gasteiger partial charge in [-0.1, -0.05) is 70.4 Å². The second-order valence-corrected chi connectivity index (χ2v) is 7.65. The lowest BCUT2D eigenvalue weighted by atomic mass is 10.0. The first kappa shape index (κ1) is 24.6. The number of hydrogen-bond acceptors (Lipinski definition) is 5. The maximum atomic E-state index is 9.98. The van der Waals surface area contributed by atoms with Gasteiger partial charge in [0.2, 0.25) is 0 Å². The normalized spacial score (nSPS) is 26.1. The Hall–Kier alpha value is -0.460. The zero-order valence-electron chi connectivity index (χ0n) is 17.2. The van der Waals surface area contributed by atoms with Crippen LogP contribution in [0.2, 0.25) is 0 Å². The van der Waals surface area contributed by atoms with Crippen LogP contribution in [-0.2, 0) is 9.47 Å². The highest BCUT2D eigenvalue weighted by Crippen LogP contribution is 2.18. The third kappa shape index (κ3) is 11.2. The smallest absolute Gasteiger partial charge is 0.111 e. The van der Waals surface area contributed by atoms with Crippen molar-refractivity contribution in [2.75, 3.05) is 19.8 Å². The molecule has 27 heavy (non-hydrogen) atoms. The van der Waals surface area contributed by atoms with Crippen LogP contribution in [0.4, 0.5) is 0 Å². The van der Waals surface area contributed by atoms with Crippen molar-refractivity contribution in [1.82, 2.24) is 0 Å². The lowest BCUT2D eigenvalue weighted by Gasteiger charge is -2.36. The van der Waals surface area contributed by atoms with E-state index in [9.17, 15) is 10.2 Å². The van der Waals surface area contributed by atoms with Gasteiger partial charge in [0.1, 0.15) is 24.4 Å². The summed E-state index contributed by atoms with van der Waals surface area (Å²) in [7, 11) is 0. The average Bonchev–Trinajstić information content (AvgIpc) is 2.68. The van der Waals surface area contributed by atoms with E-state index in [1.54, 1.807) is 0 Å². The van der Waals surface area contributed by atoms with Gasteiger partial charge in [0.05, 0.1) is 13.2 Å². The largest absolute Gasteiger partial charge is 0.394 e. The second kappa shape index (κ2) is 16.5. The van der Waals surface area contributed by atoms with E-state index in [1.165, 1.54) is 57.8 Å². The topological polar surface area (TPSA) is 79.2 Å². The first-order valence-corrected chi connectivity index (χ1v) is 11.1. The Balaban J connectivity index is 1.85.